The summed E-state index contributed by atoms with van der Waals surface area (Å²) in [4.78, 5) is 34.9. The number of aliphatic hydroxyl groups excluding tert-OH is 3. The van der Waals surface area contributed by atoms with Crippen molar-refractivity contribution >= 4 is 19.8 Å². The highest BCUT2D eigenvalue weighted by Crippen LogP contribution is 2.43. The highest BCUT2D eigenvalue weighted by Gasteiger charge is 2.39. The molecular weight excluding hydrogens is 701 g/mol. The number of hydrogen-bond acceptors (Lipinski definition) is 11. The van der Waals surface area contributed by atoms with Gasteiger partial charge in [-0.15, -0.1) is 0 Å². The van der Waals surface area contributed by atoms with E-state index in [0.29, 0.717) is 32.1 Å². The Morgan fingerprint density at radius 2 is 1.40 bits per heavy atom. The molecule has 1 aliphatic carbocycles. The van der Waals surface area contributed by atoms with E-state index in [9.17, 15) is 34.4 Å². The van der Waals surface area contributed by atoms with E-state index in [-0.39, 0.29) is 50.9 Å². The van der Waals surface area contributed by atoms with Gasteiger partial charge in [0.1, 0.15) is 6.61 Å². The smallest absolute Gasteiger partial charge is 0.462 e. The largest absolute Gasteiger partial charge is 0.472 e. The summed E-state index contributed by atoms with van der Waals surface area (Å²) in [6.07, 6.45) is 24.5. The first kappa shape index (κ1) is 49.4. The third kappa shape index (κ3) is 26.0. The maximum absolute atomic E-state index is 12.7. The quantitative estimate of drug-likeness (QED) is 0.0186. The molecule has 13 heteroatoms. The fourth-order valence-electron chi connectivity index (χ4n) is 6.51. The Labute approximate surface area is 319 Å². The number of carbonyl (C=O) groups excluding carboxylic acids is 2. The van der Waals surface area contributed by atoms with E-state index in [1.54, 1.807) is 6.08 Å². The van der Waals surface area contributed by atoms with Crippen LogP contribution >= 0.6 is 7.82 Å². The molecule has 53 heavy (non-hydrogen) atoms. The molecule has 310 valence electrons. The zero-order valence-electron chi connectivity index (χ0n) is 32.8. The normalized spacial score (nSPS) is 21.3. The maximum Gasteiger partial charge on any atom is 0.472 e. The summed E-state index contributed by atoms with van der Waals surface area (Å²) in [6, 6.07) is 0. The molecule has 1 aliphatic rings. The van der Waals surface area contributed by atoms with Crippen LogP contribution in [-0.2, 0) is 32.7 Å². The molecule has 0 radical (unpaired) electrons. The number of nitrogens with two attached hydrogens (primary N) is 1. The van der Waals surface area contributed by atoms with Gasteiger partial charge in [-0.2, -0.15) is 0 Å². The monoisotopic (exact) mass is 775 g/mol. The first-order valence-corrected chi connectivity index (χ1v) is 22.1. The first-order chi connectivity index (χ1) is 25.5. The van der Waals surface area contributed by atoms with Gasteiger partial charge < -0.3 is 35.4 Å². The minimum absolute atomic E-state index is 0.0155. The molecule has 0 saturated heterocycles. The number of carbonyl (C=O) groups is 2. The zero-order chi connectivity index (χ0) is 39.2. The van der Waals surface area contributed by atoms with Crippen LogP contribution in [0.15, 0.2) is 24.3 Å². The lowest BCUT2D eigenvalue weighted by Gasteiger charge is -2.20. The van der Waals surface area contributed by atoms with E-state index in [2.05, 4.69) is 13.8 Å². The van der Waals surface area contributed by atoms with Crippen LogP contribution in [0.4, 0.5) is 0 Å². The average Bonchev–Trinajstić information content (AvgIpc) is 3.40. The number of allylic oxidation sites excluding steroid dienone is 2. The van der Waals surface area contributed by atoms with Crippen molar-refractivity contribution in [3.05, 3.63) is 24.3 Å². The Hall–Kier alpha value is -1.63. The third-order valence-electron chi connectivity index (χ3n) is 9.66. The van der Waals surface area contributed by atoms with Crippen LogP contribution in [0.1, 0.15) is 155 Å². The van der Waals surface area contributed by atoms with Crippen LogP contribution in [0.2, 0.25) is 0 Å². The second-order valence-corrected chi connectivity index (χ2v) is 15.9. The van der Waals surface area contributed by atoms with E-state index in [1.807, 2.05) is 18.2 Å². The first-order valence-electron chi connectivity index (χ1n) is 20.6. The van der Waals surface area contributed by atoms with Gasteiger partial charge in [0.2, 0.25) is 0 Å². The van der Waals surface area contributed by atoms with Gasteiger partial charge in [0.25, 0.3) is 0 Å². The molecule has 1 fully saturated rings. The van der Waals surface area contributed by atoms with Crippen molar-refractivity contribution in [2.75, 3.05) is 26.4 Å². The molecule has 1 rings (SSSR count). The lowest BCUT2D eigenvalue weighted by molar-refractivity contribution is -0.161. The Morgan fingerprint density at radius 1 is 0.792 bits per heavy atom. The van der Waals surface area contributed by atoms with Gasteiger partial charge in [0.15, 0.2) is 6.10 Å². The van der Waals surface area contributed by atoms with Gasteiger partial charge in [0.05, 0.1) is 31.5 Å². The van der Waals surface area contributed by atoms with E-state index < -0.39 is 50.8 Å². The number of ether oxygens (including phenoxy) is 2. The van der Waals surface area contributed by atoms with Gasteiger partial charge in [-0.05, 0) is 38.0 Å². The van der Waals surface area contributed by atoms with Crippen LogP contribution in [-0.4, -0.2) is 82.9 Å². The third-order valence-corrected chi connectivity index (χ3v) is 10.6. The number of phosphoric acid groups is 1. The molecule has 0 bridgehead atoms. The Kier molecular flexibility index (Phi) is 29.4. The second-order valence-electron chi connectivity index (χ2n) is 14.5. The fraction of sp³-hybridized carbons (Fsp3) is 0.850. The Morgan fingerprint density at radius 3 is 2.04 bits per heavy atom. The summed E-state index contributed by atoms with van der Waals surface area (Å²) in [5, 5.41) is 31.3. The highest BCUT2D eigenvalue weighted by atomic mass is 31.2. The van der Waals surface area contributed by atoms with Gasteiger partial charge >= 0.3 is 19.8 Å². The summed E-state index contributed by atoms with van der Waals surface area (Å²) in [5.74, 6) is -1.43. The molecular formula is C40H74NO11P. The second kappa shape index (κ2) is 31.6. The molecule has 6 N–H and O–H groups in total. The number of unbranched alkanes of at least 4 members (excludes halogenated alkanes) is 14. The molecule has 0 spiro atoms. The molecule has 0 aliphatic heterocycles. The SMILES string of the molecule is CCCCCCCCCCCCCCC(=O)OC[C@H](COP(=O)(O)OCCN)OC(=O)CCC/C=C/C[C@@H]1[C@@H](/C=C/[C@@H](O)CCCCC)[C@H](O)C[C@@H]1O. The number of hydrogen-bond donors (Lipinski definition) is 5. The number of rotatable bonds is 34. The maximum atomic E-state index is 12.7. The minimum Gasteiger partial charge on any atom is -0.462 e. The van der Waals surface area contributed by atoms with Crippen molar-refractivity contribution in [3.8, 4) is 0 Å². The summed E-state index contributed by atoms with van der Waals surface area (Å²) in [7, 11) is -4.44. The van der Waals surface area contributed by atoms with Crippen molar-refractivity contribution in [1.82, 2.24) is 0 Å². The van der Waals surface area contributed by atoms with Crippen LogP contribution in [0.5, 0.6) is 0 Å². The Bertz CT molecular complexity index is 1040. The minimum atomic E-state index is -4.44. The van der Waals surface area contributed by atoms with Gasteiger partial charge in [-0.1, -0.05) is 128 Å². The standard InChI is InChI=1S/C40H74NO11P/c1-3-5-7-8-9-10-11-12-13-14-15-20-24-39(45)49-31-34(32-51-53(47,48)50-29-28-41)52-40(46)25-21-17-16-19-23-35-36(38(44)30-37(35)43)27-26-33(42)22-18-6-4-2/h16,19,26-27,33-38,42-44H,3-15,17-18,20-25,28-32,41H2,1-2H3,(H,47,48)/b19-16+,27-26+/t33-,34+,35+,36+,37-,38+/m0/s1. The average molecular weight is 776 g/mol. The lowest BCUT2D eigenvalue weighted by Crippen LogP contribution is -2.29. The van der Waals surface area contributed by atoms with Gasteiger partial charge in [-0.3, -0.25) is 18.6 Å². The van der Waals surface area contributed by atoms with E-state index in [0.717, 1.165) is 38.5 Å². The molecule has 7 atom stereocenters. The lowest BCUT2D eigenvalue weighted by atomic mass is 9.89. The molecule has 1 unspecified atom stereocenters. The molecule has 0 aromatic rings. The predicted molar refractivity (Wildman–Crippen MR) is 208 cm³/mol. The van der Waals surface area contributed by atoms with Crippen molar-refractivity contribution in [2.45, 2.75) is 180 Å². The molecule has 12 nitrogen and oxygen atoms in total. The summed E-state index contributed by atoms with van der Waals surface area (Å²) in [5.41, 5.74) is 5.33. The molecule has 0 aromatic carbocycles. The van der Waals surface area contributed by atoms with Gasteiger partial charge in [0, 0.05) is 31.7 Å². The van der Waals surface area contributed by atoms with Crippen LogP contribution in [0, 0.1) is 11.8 Å². The molecule has 0 heterocycles. The number of aliphatic hydroxyl groups is 3. The fourth-order valence-corrected chi connectivity index (χ4v) is 7.28. The van der Waals surface area contributed by atoms with Crippen molar-refractivity contribution in [3.63, 3.8) is 0 Å². The van der Waals surface area contributed by atoms with Gasteiger partial charge in [-0.25, -0.2) is 4.57 Å². The number of phosphoric ester groups is 1. The molecule has 1 saturated carbocycles. The van der Waals surface area contributed by atoms with Crippen molar-refractivity contribution in [1.29, 1.82) is 0 Å². The number of esters is 2. The van der Waals surface area contributed by atoms with Crippen LogP contribution < -0.4 is 5.73 Å². The zero-order valence-corrected chi connectivity index (χ0v) is 33.7. The molecule has 0 aromatic heterocycles. The topological polar surface area (TPSA) is 195 Å². The Balaban J connectivity index is 2.46. The predicted octanol–water partition coefficient (Wildman–Crippen LogP) is 7.60. The highest BCUT2D eigenvalue weighted by molar-refractivity contribution is 7.47. The van der Waals surface area contributed by atoms with Crippen LogP contribution in [0.25, 0.3) is 0 Å². The van der Waals surface area contributed by atoms with E-state index in [4.69, 9.17) is 24.3 Å². The summed E-state index contributed by atoms with van der Waals surface area (Å²) >= 11 is 0. The summed E-state index contributed by atoms with van der Waals surface area (Å²) in [6.45, 7) is 3.34. The van der Waals surface area contributed by atoms with E-state index >= 15 is 0 Å². The van der Waals surface area contributed by atoms with Crippen molar-refractivity contribution < 1.29 is 52.9 Å². The van der Waals surface area contributed by atoms with Crippen molar-refractivity contribution in [2.24, 2.45) is 17.6 Å². The van der Waals surface area contributed by atoms with Crippen LogP contribution in [0.3, 0.4) is 0 Å². The summed E-state index contributed by atoms with van der Waals surface area (Å²) < 4.78 is 32.7. The molecule has 0 amide bonds. The van der Waals surface area contributed by atoms with E-state index in [1.165, 1.54) is 51.4 Å².